The van der Waals surface area contributed by atoms with E-state index in [9.17, 15) is 14.4 Å². The molecule has 35 heavy (non-hydrogen) atoms. The van der Waals surface area contributed by atoms with Crippen molar-refractivity contribution in [3.05, 3.63) is 23.5 Å². The number of epoxide rings is 1. The number of rotatable bonds is 5. The highest BCUT2D eigenvalue weighted by molar-refractivity contribution is 5.68. The second-order valence-corrected chi connectivity index (χ2v) is 11.9. The molecule has 0 N–H and O–H groups in total. The summed E-state index contributed by atoms with van der Waals surface area (Å²) >= 11 is 0. The molecule has 7 heteroatoms. The lowest BCUT2D eigenvalue weighted by Crippen LogP contribution is -2.60. The summed E-state index contributed by atoms with van der Waals surface area (Å²) in [5.41, 5.74) is -0.130. The molecule has 5 rings (SSSR count). The van der Waals surface area contributed by atoms with E-state index in [1.54, 1.807) is 0 Å². The van der Waals surface area contributed by atoms with Crippen LogP contribution in [0.3, 0.4) is 0 Å². The maximum Gasteiger partial charge on any atom is 0.307 e. The molecule has 0 aromatic heterocycles. The van der Waals surface area contributed by atoms with Gasteiger partial charge in [-0.3, -0.25) is 14.4 Å². The Bertz CT molecular complexity index is 1030. The minimum absolute atomic E-state index is 0.0834. The molecule has 0 aromatic carbocycles. The van der Waals surface area contributed by atoms with Crippen molar-refractivity contribution in [2.24, 2.45) is 28.6 Å². The number of hydrogen-bond acceptors (Lipinski definition) is 7. The van der Waals surface area contributed by atoms with Gasteiger partial charge in [0.2, 0.25) is 0 Å². The van der Waals surface area contributed by atoms with Gasteiger partial charge in [-0.15, -0.1) is 0 Å². The van der Waals surface area contributed by atoms with Crippen LogP contribution in [0.15, 0.2) is 23.5 Å². The quantitative estimate of drug-likeness (QED) is 0.318. The van der Waals surface area contributed by atoms with Gasteiger partial charge in [-0.2, -0.15) is 0 Å². The van der Waals surface area contributed by atoms with Gasteiger partial charge >= 0.3 is 17.9 Å². The van der Waals surface area contributed by atoms with Crippen LogP contribution in [0, 0.1) is 28.6 Å². The number of ether oxygens (including phenoxy) is 4. The van der Waals surface area contributed by atoms with Crippen LogP contribution in [-0.2, 0) is 33.3 Å². The Hall–Kier alpha value is -2.15. The van der Waals surface area contributed by atoms with E-state index in [0.717, 1.165) is 37.9 Å². The van der Waals surface area contributed by atoms with Crippen LogP contribution >= 0.6 is 0 Å². The summed E-state index contributed by atoms with van der Waals surface area (Å²) in [7, 11) is 0. The molecule has 1 saturated heterocycles. The lowest BCUT2D eigenvalue weighted by Gasteiger charge is -2.56. The molecule has 192 valence electrons. The van der Waals surface area contributed by atoms with Crippen LogP contribution in [0.5, 0.6) is 0 Å². The molecule has 8 atom stereocenters. The highest BCUT2D eigenvalue weighted by Gasteiger charge is 2.81. The van der Waals surface area contributed by atoms with Gasteiger partial charge in [-0.1, -0.05) is 26.8 Å². The Morgan fingerprint density at radius 2 is 1.83 bits per heavy atom. The number of allylic oxidation sites excluding steroid dienone is 3. The molecule has 1 heterocycles. The Morgan fingerprint density at radius 1 is 1.09 bits per heavy atom. The van der Waals surface area contributed by atoms with Crippen molar-refractivity contribution in [3.63, 3.8) is 0 Å². The number of carbonyl (C=O) groups is 3. The zero-order chi connectivity index (χ0) is 25.4. The van der Waals surface area contributed by atoms with Crippen molar-refractivity contribution in [1.82, 2.24) is 0 Å². The third kappa shape index (κ3) is 3.29. The zero-order valence-corrected chi connectivity index (χ0v) is 21.8. The van der Waals surface area contributed by atoms with Crippen LogP contribution in [0.25, 0.3) is 0 Å². The van der Waals surface area contributed by atoms with Crippen molar-refractivity contribution in [1.29, 1.82) is 0 Å². The van der Waals surface area contributed by atoms with Crippen molar-refractivity contribution in [2.45, 2.75) is 97.4 Å². The summed E-state index contributed by atoms with van der Waals surface area (Å²) in [5.74, 6) is 0.632. The Morgan fingerprint density at radius 3 is 2.49 bits per heavy atom. The molecule has 0 amide bonds. The Kier molecular flexibility index (Phi) is 5.56. The van der Waals surface area contributed by atoms with Gasteiger partial charge in [0.1, 0.15) is 17.0 Å². The van der Waals surface area contributed by atoms with E-state index in [1.807, 2.05) is 0 Å². The summed E-state index contributed by atoms with van der Waals surface area (Å²) in [4.78, 5) is 35.4. The first-order valence-electron chi connectivity index (χ1n) is 13.0. The van der Waals surface area contributed by atoms with Gasteiger partial charge in [0, 0.05) is 44.4 Å². The number of esters is 3. The molecule has 0 bridgehead atoms. The topological polar surface area (TPSA) is 91.4 Å². The molecular weight excluding hydrogens is 448 g/mol. The third-order valence-corrected chi connectivity index (χ3v) is 10.3. The van der Waals surface area contributed by atoms with Crippen molar-refractivity contribution in [2.75, 3.05) is 6.61 Å². The Balaban J connectivity index is 1.51. The largest absolute Gasteiger partial charge is 0.466 e. The lowest BCUT2D eigenvalue weighted by molar-refractivity contribution is -0.189. The fraction of sp³-hybridized carbons (Fsp3) is 0.750. The smallest absolute Gasteiger partial charge is 0.307 e. The molecule has 0 unspecified atom stereocenters. The minimum atomic E-state index is -0.697. The van der Waals surface area contributed by atoms with E-state index in [-0.39, 0.29) is 53.0 Å². The van der Waals surface area contributed by atoms with Crippen molar-refractivity contribution in [3.8, 4) is 0 Å². The van der Waals surface area contributed by atoms with Gasteiger partial charge in [0.15, 0.2) is 0 Å². The molecular formula is C28H38O7. The fourth-order valence-electron chi connectivity index (χ4n) is 8.83. The maximum absolute atomic E-state index is 12.4. The predicted molar refractivity (Wildman–Crippen MR) is 127 cm³/mol. The van der Waals surface area contributed by atoms with E-state index in [4.69, 9.17) is 18.9 Å². The third-order valence-electron chi connectivity index (χ3n) is 10.3. The van der Waals surface area contributed by atoms with E-state index in [1.165, 1.54) is 26.3 Å². The van der Waals surface area contributed by atoms with Gasteiger partial charge in [0.05, 0.1) is 12.7 Å². The standard InChI is InChI=1S/C28H38O7/c1-16-13-23-22-8-7-20-14-21(33-18(3)30)9-10-25(20,5)28(22)24(35-28)15-26(23,6)27(16,34-19(4)31)11-12-32-17(2)29/h7,14,16,22-24H,8-13,15H2,1-6H3/t16-,22+,23+,24+,25+,26+,27-,28-/m1/s1. The van der Waals surface area contributed by atoms with Gasteiger partial charge < -0.3 is 18.9 Å². The molecule has 7 nitrogen and oxygen atoms in total. The van der Waals surface area contributed by atoms with E-state index in [2.05, 4.69) is 32.9 Å². The Labute approximate surface area is 207 Å². The molecule has 1 aliphatic heterocycles. The summed E-state index contributed by atoms with van der Waals surface area (Å²) in [6.07, 6.45) is 9.20. The summed E-state index contributed by atoms with van der Waals surface area (Å²) in [5, 5.41) is 0. The predicted octanol–water partition coefficient (Wildman–Crippen LogP) is 4.64. The van der Waals surface area contributed by atoms with Gasteiger partial charge in [0.25, 0.3) is 0 Å². The second-order valence-electron chi connectivity index (χ2n) is 11.9. The highest BCUT2D eigenvalue weighted by Crippen LogP contribution is 2.77. The van der Waals surface area contributed by atoms with Crippen LogP contribution in [0.2, 0.25) is 0 Å². The maximum atomic E-state index is 12.4. The van der Waals surface area contributed by atoms with Crippen LogP contribution in [-0.4, -0.2) is 41.8 Å². The molecule has 1 spiro atoms. The van der Waals surface area contributed by atoms with Crippen LogP contribution < -0.4 is 0 Å². The number of carbonyl (C=O) groups excluding carboxylic acids is 3. The van der Waals surface area contributed by atoms with Crippen molar-refractivity contribution >= 4 is 17.9 Å². The summed E-state index contributed by atoms with van der Waals surface area (Å²) in [6, 6.07) is 0. The van der Waals surface area contributed by atoms with Crippen LogP contribution in [0.4, 0.5) is 0 Å². The minimum Gasteiger partial charge on any atom is -0.466 e. The number of hydrogen-bond donors (Lipinski definition) is 0. The highest BCUT2D eigenvalue weighted by atomic mass is 16.6. The molecule has 0 aromatic rings. The van der Waals surface area contributed by atoms with E-state index >= 15 is 0 Å². The molecule has 3 fully saturated rings. The average molecular weight is 487 g/mol. The first kappa shape index (κ1) is 24.5. The van der Waals surface area contributed by atoms with E-state index in [0.29, 0.717) is 18.3 Å². The lowest BCUT2D eigenvalue weighted by atomic mass is 9.47. The normalized spacial score (nSPS) is 45.0. The molecule has 2 saturated carbocycles. The summed E-state index contributed by atoms with van der Waals surface area (Å²) in [6.45, 7) is 11.3. The SMILES string of the molecule is CC(=O)OCC[C@@]1(OC(C)=O)[C@H](C)C[C@H]2[C@@H]3CC=C4C=C(OC(C)=O)CC[C@]4(C)[C@@]34O[C@H]4C[C@@]21C. The molecule has 0 radical (unpaired) electrons. The molecule has 4 aliphatic carbocycles. The zero-order valence-electron chi connectivity index (χ0n) is 21.8. The first-order valence-corrected chi connectivity index (χ1v) is 13.0. The second kappa shape index (κ2) is 7.92. The fourth-order valence-corrected chi connectivity index (χ4v) is 8.83. The number of fused-ring (bicyclic) bond motifs is 3. The average Bonchev–Trinajstić information content (AvgIpc) is 3.43. The monoisotopic (exact) mass is 486 g/mol. The van der Waals surface area contributed by atoms with E-state index < -0.39 is 5.60 Å². The van der Waals surface area contributed by atoms with Gasteiger partial charge in [-0.25, -0.2) is 0 Å². The van der Waals surface area contributed by atoms with Gasteiger partial charge in [-0.05, 0) is 55.1 Å². The first-order chi connectivity index (χ1) is 16.4. The van der Waals surface area contributed by atoms with Crippen molar-refractivity contribution < 1.29 is 33.3 Å². The summed E-state index contributed by atoms with van der Waals surface area (Å²) < 4.78 is 23.7. The van der Waals surface area contributed by atoms with Crippen LogP contribution in [0.1, 0.15) is 80.1 Å². The molecule has 5 aliphatic rings.